The number of carboxylic acid groups (broad SMARTS) is 2. The first-order valence-corrected chi connectivity index (χ1v) is 12.5. The molecule has 0 aliphatic carbocycles. The van der Waals surface area contributed by atoms with Crippen LogP contribution in [0.4, 0.5) is 0 Å². The van der Waals surface area contributed by atoms with Crippen LogP contribution in [0.25, 0.3) is 0 Å². The number of aromatic hydroxyl groups is 2. The van der Waals surface area contributed by atoms with Crippen molar-refractivity contribution in [3.63, 3.8) is 0 Å². The molecule has 211 valence electrons. The Hall–Kier alpha value is -3.17. The Morgan fingerprint density at radius 2 is 1.05 bits per heavy atom. The molecule has 0 saturated heterocycles. The van der Waals surface area contributed by atoms with Gasteiger partial charge in [-0.1, -0.05) is 52.7 Å². The minimum atomic E-state index is -1.08. The summed E-state index contributed by atoms with van der Waals surface area (Å²) in [5.74, 6) is -1.56. The first-order chi connectivity index (χ1) is 17.5. The maximum Gasteiger partial charge on any atom is 2.00 e. The number of carbonyl (C=O) groups is 2. The molecule has 0 spiro atoms. The molecule has 1 radical (unpaired) electrons. The van der Waals surface area contributed by atoms with Crippen LogP contribution in [0, 0.1) is 0 Å². The molecule has 2 aromatic rings. The van der Waals surface area contributed by atoms with Crippen LogP contribution in [0.15, 0.2) is 34.3 Å². The van der Waals surface area contributed by atoms with E-state index in [9.17, 15) is 10.2 Å². The minimum absolute atomic E-state index is 0. The molecular weight excluding hydrogens is 531 g/mol. The van der Waals surface area contributed by atoms with Crippen LogP contribution in [0.2, 0.25) is 0 Å². The molecule has 0 saturated carbocycles. The molecule has 0 heterocycles. The Morgan fingerprint density at radius 1 is 0.737 bits per heavy atom. The second kappa shape index (κ2) is 20.8. The van der Waals surface area contributed by atoms with E-state index < -0.39 is 11.9 Å². The smallest absolute Gasteiger partial charge is 0.550 e. The van der Waals surface area contributed by atoms with E-state index in [-0.39, 0.29) is 23.4 Å². The van der Waals surface area contributed by atoms with Gasteiger partial charge in [-0.15, -0.1) is 0 Å². The van der Waals surface area contributed by atoms with Crippen molar-refractivity contribution in [2.75, 3.05) is 6.67 Å². The first-order valence-electron chi connectivity index (χ1n) is 12.5. The van der Waals surface area contributed by atoms with Crippen LogP contribution in [0.3, 0.4) is 0 Å². The summed E-state index contributed by atoms with van der Waals surface area (Å²) in [5.41, 5.74) is 5.82. The molecule has 0 fully saturated rings. The van der Waals surface area contributed by atoms with Crippen molar-refractivity contribution in [2.24, 2.45) is 9.98 Å². The number of hydrogen-bond acceptors (Lipinski definition) is 8. The topological polar surface area (TPSA) is 145 Å². The number of nitrogens with zero attached hydrogens (tertiary/aromatic N) is 2. The van der Waals surface area contributed by atoms with Gasteiger partial charge in [0, 0.05) is 35.5 Å². The number of rotatable bonds is 10. The van der Waals surface area contributed by atoms with E-state index in [4.69, 9.17) is 19.8 Å². The summed E-state index contributed by atoms with van der Waals surface area (Å²) in [5, 5.41) is 38.6. The van der Waals surface area contributed by atoms with Gasteiger partial charge >= 0.3 is 16.8 Å². The summed E-state index contributed by atoms with van der Waals surface area (Å²) >= 11 is 0. The van der Waals surface area contributed by atoms with Crippen LogP contribution < -0.4 is 10.2 Å². The van der Waals surface area contributed by atoms with Crippen molar-refractivity contribution in [3.05, 3.63) is 57.6 Å². The summed E-state index contributed by atoms with van der Waals surface area (Å²) in [6, 6.07) is 8.15. The van der Waals surface area contributed by atoms with E-state index in [1.807, 2.05) is 26.0 Å². The van der Waals surface area contributed by atoms with E-state index in [0.29, 0.717) is 11.5 Å². The van der Waals surface area contributed by atoms with Crippen LogP contribution in [-0.2, 0) is 52.1 Å². The molecule has 0 aliphatic heterocycles. The molecule has 9 heteroatoms. The zero-order chi connectivity index (χ0) is 28.4. The number of phenolic OH excluding ortho intramolecular Hbond substituents is 2. The van der Waals surface area contributed by atoms with E-state index in [1.165, 1.54) is 11.1 Å². The molecular formula is C29H40CoN2O6. The SMILES string of the molecule is CC(=O)[O-].CC(=O)[O-].CCCc1cc(C=NCN=Cc2cc(CCC)cc(CC)c2O)c(O)c(CC)c1.[Co+2]. The maximum atomic E-state index is 10.4. The molecule has 0 unspecified atom stereocenters. The number of aryl methyl sites for hydroxylation is 4. The van der Waals surface area contributed by atoms with Crippen molar-refractivity contribution in [1.82, 2.24) is 0 Å². The van der Waals surface area contributed by atoms with Gasteiger partial charge in [0.25, 0.3) is 0 Å². The number of aliphatic imine (C=N–C) groups is 2. The largest absolute Gasteiger partial charge is 2.00 e. The third-order valence-corrected chi connectivity index (χ3v) is 5.02. The number of aliphatic carboxylic acids is 2. The predicted molar refractivity (Wildman–Crippen MR) is 144 cm³/mol. The number of benzene rings is 2. The Bertz CT molecular complexity index is 976. The monoisotopic (exact) mass is 571 g/mol. The molecule has 2 rings (SSSR count). The maximum absolute atomic E-state index is 10.4. The molecule has 0 bridgehead atoms. The predicted octanol–water partition coefficient (Wildman–Crippen LogP) is 3.13. The van der Waals surface area contributed by atoms with Crippen LogP contribution >= 0.6 is 0 Å². The molecule has 0 aromatic heterocycles. The fraction of sp³-hybridized carbons (Fsp3) is 0.448. The second-order valence-electron chi connectivity index (χ2n) is 8.34. The average molecular weight is 572 g/mol. The normalized spacial score (nSPS) is 10.3. The molecule has 38 heavy (non-hydrogen) atoms. The number of phenols is 2. The molecule has 0 atom stereocenters. The van der Waals surface area contributed by atoms with Crippen molar-refractivity contribution >= 4 is 24.4 Å². The molecule has 0 aliphatic rings. The van der Waals surface area contributed by atoms with Crippen LogP contribution in [0.1, 0.15) is 87.8 Å². The Kier molecular flexibility index (Phi) is 20.3. The van der Waals surface area contributed by atoms with Crippen LogP contribution in [0.5, 0.6) is 11.5 Å². The first kappa shape index (κ1) is 37.0. The van der Waals surface area contributed by atoms with E-state index in [0.717, 1.165) is 74.6 Å². The van der Waals surface area contributed by atoms with Crippen molar-refractivity contribution in [3.8, 4) is 11.5 Å². The third kappa shape index (κ3) is 15.2. The van der Waals surface area contributed by atoms with E-state index in [1.54, 1.807) is 12.4 Å². The van der Waals surface area contributed by atoms with Gasteiger partial charge in [0.15, 0.2) is 0 Å². The average Bonchev–Trinajstić information content (AvgIpc) is 2.81. The van der Waals surface area contributed by atoms with Gasteiger partial charge in [-0.2, -0.15) is 0 Å². The van der Waals surface area contributed by atoms with Crippen molar-refractivity contribution in [2.45, 2.75) is 80.1 Å². The van der Waals surface area contributed by atoms with Gasteiger partial charge < -0.3 is 30.0 Å². The number of carbonyl (C=O) groups excluding carboxylic acids is 2. The second-order valence-corrected chi connectivity index (χ2v) is 8.34. The summed E-state index contributed by atoms with van der Waals surface area (Å²) in [6.45, 7) is 10.6. The summed E-state index contributed by atoms with van der Waals surface area (Å²) in [6.07, 6.45) is 9.06. The fourth-order valence-corrected chi connectivity index (χ4v) is 3.50. The zero-order valence-electron chi connectivity index (χ0n) is 23.2. The Labute approximate surface area is 236 Å². The fourth-order valence-electron chi connectivity index (χ4n) is 3.50. The molecule has 2 N–H and O–H groups in total. The summed E-state index contributed by atoms with van der Waals surface area (Å²) in [7, 11) is 0. The number of carboxylic acids is 2. The standard InChI is InChI=1S/C25H34N2O2.2C2H4O2.Co/c1-5-9-18-11-20(7-3)24(28)22(13-18)15-26-17-27-16-23-14-19(10-6-2)12-21(8-4)25(23)29;2*1-2(3)4;/h11-16,28-29H,5-10,17H2,1-4H3;2*1H3,(H,3,4);/q;;;+2/p-2. The van der Waals surface area contributed by atoms with Crippen molar-refractivity contribution < 1.29 is 46.8 Å². The summed E-state index contributed by atoms with van der Waals surface area (Å²) < 4.78 is 0. The quantitative estimate of drug-likeness (QED) is 0.419. The van der Waals surface area contributed by atoms with Gasteiger partial charge in [-0.05, 0) is 73.9 Å². The van der Waals surface area contributed by atoms with Gasteiger partial charge in [0.2, 0.25) is 0 Å². The van der Waals surface area contributed by atoms with Crippen molar-refractivity contribution in [1.29, 1.82) is 0 Å². The van der Waals surface area contributed by atoms with Crippen LogP contribution in [-0.4, -0.2) is 41.2 Å². The van der Waals surface area contributed by atoms with Gasteiger partial charge in [-0.3, -0.25) is 9.98 Å². The van der Waals surface area contributed by atoms with Gasteiger partial charge in [0.1, 0.15) is 18.2 Å². The van der Waals surface area contributed by atoms with Gasteiger partial charge in [-0.25, -0.2) is 0 Å². The Balaban J connectivity index is 0. The molecule has 0 amide bonds. The number of hydrogen-bond donors (Lipinski definition) is 2. The van der Waals surface area contributed by atoms with E-state index >= 15 is 0 Å². The molecule has 8 nitrogen and oxygen atoms in total. The van der Waals surface area contributed by atoms with E-state index in [2.05, 4.69) is 36.0 Å². The van der Waals surface area contributed by atoms with Gasteiger partial charge in [0.05, 0.1) is 0 Å². The third-order valence-electron chi connectivity index (χ3n) is 5.02. The molecule has 2 aromatic carbocycles. The minimum Gasteiger partial charge on any atom is -0.550 e. The zero-order valence-corrected chi connectivity index (χ0v) is 24.2. The Morgan fingerprint density at radius 3 is 1.32 bits per heavy atom. The summed E-state index contributed by atoms with van der Waals surface area (Å²) in [4.78, 5) is 26.5.